The Balaban J connectivity index is 1.19. The molecule has 0 spiro atoms. The second kappa shape index (κ2) is 6.97. The van der Waals surface area contributed by atoms with Crippen molar-refractivity contribution in [2.75, 3.05) is 0 Å². The summed E-state index contributed by atoms with van der Waals surface area (Å²) >= 11 is 3.41. The molecule has 4 saturated carbocycles. The van der Waals surface area contributed by atoms with Crippen LogP contribution in [0.4, 0.5) is 0 Å². The standard InChI is InChI=1S/C21H24BrN3O2/c22-17-1-3-18(4-2-17)27-12-25-6-5-19(24-25)21(26)23-20-15-8-13-7-14(10-15)11-16(20)9-13/h1-6,13-16,20H,7-12H2,(H,23,26). The van der Waals surface area contributed by atoms with Crippen molar-refractivity contribution in [3.05, 3.63) is 46.7 Å². The summed E-state index contributed by atoms with van der Waals surface area (Å²) in [5.74, 6) is 3.90. The lowest BCUT2D eigenvalue weighted by atomic mass is 9.54. The molecule has 142 valence electrons. The average molecular weight is 430 g/mol. The van der Waals surface area contributed by atoms with Crippen molar-refractivity contribution in [1.82, 2.24) is 15.1 Å². The molecule has 27 heavy (non-hydrogen) atoms. The van der Waals surface area contributed by atoms with Gasteiger partial charge in [-0.25, -0.2) is 4.68 Å². The fourth-order valence-electron chi connectivity index (χ4n) is 5.61. The minimum absolute atomic E-state index is 0.0464. The summed E-state index contributed by atoms with van der Waals surface area (Å²) in [5, 5.41) is 7.71. The number of carbonyl (C=O) groups excluding carboxylic acids is 1. The van der Waals surface area contributed by atoms with E-state index in [0.29, 0.717) is 23.6 Å². The molecule has 1 aromatic heterocycles. The summed E-state index contributed by atoms with van der Waals surface area (Å²) in [6, 6.07) is 9.77. The highest BCUT2D eigenvalue weighted by Gasteiger charge is 2.48. The molecule has 0 atom stereocenters. The van der Waals surface area contributed by atoms with Gasteiger partial charge in [0.05, 0.1) is 0 Å². The third-order valence-electron chi connectivity index (χ3n) is 6.57. The van der Waals surface area contributed by atoms with Crippen LogP contribution in [0.5, 0.6) is 5.75 Å². The van der Waals surface area contributed by atoms with E-state index in [-0.39, 0.29) is 12.6 Å². The molecule has 0 saturated heterocycles. The molecule has 0 unspecified atom stereocenters. The van der Waals surface area contributed by atoms with Crippen LogP contribution in [-0.2, 0) is 6.73 Å². The van der Waals surface area contributed by atoms with Gasteiger partial charge >= 0.3 is 0 Å². The maximum Gasteiger partial charge on any atom is 0.272 e. The zero-order valence-corrected chi connectivity index (χ0v) is 16.8. The number of carbonyl (C=O) groups is 1. The zero-order valence-electron chi connectivity index (χ0n) is 15.2. The van der Waals surface area contributed by atoms with Gasteiger partial charge in [0.25, 0.3) is 5.91 Å². The molecule has 1 heterocycles. The number of aromatic nitrogens is 2. The Morgan fingerprint density at radius 2 is 1.74 bits per heavy atom. The van der Waals surface area contributed by atoms with Crippen molar-refractivity contribution in [1.29, 1.82) is 0 Å². The number of nitrogens with zero attached hydrogens (tertiary/aromatic N) is 2. The highest BCUT2D eigenvalue weighted by molar-refractivity contribution is 9.10. The molecule has 4 aliphatic carbocycles. The molecule has 5 nitrogen and oxygen atoms in total. The van der Waals surface area contributed by atoms with Gasteiger partial charge in [-0.1, -0.05) is 15.9 Å². The van der Waals surface area contributed by atoms with E-state index in [9.17, 15) is 4.79 Å². The molecule has 0 radical (unpaired) electrons. The summed E-state index contributed by atoms with van der Waals surface area (Å²) in [6.07, 6.45) is 8.42. The van der Waals surface area contributed by atoms with Crippen LogP contribution in [0.2, 0.25) is 0 Å². The largest absolute Gasteiger partial charge is 0.471 e. The van der Waals surface area contributed by atoms with E-state index in [1.807, 2.05) is 24.3 Å². The minimum Gasteiger partial charge on any atom is -0.471 e. The van der Waals surface area contributed by atoms with Gasteiger partial charge in [-0.15, -0.1) is 0 Å². The molecule has 1 aromatic carbocycles. The summed E-state index contributed by atoms with van der Waals surface area (Å²) < 4.78 is 8.39. The van der Waals surface area contributed by atoms with Gasteiger partial charge < -0.3 is 10.1 Å². The molecule has 0 aliphatic heterocycles. The summed E-state index contributed by atoms with van der Waals surface area (Å²) in [6.45, 7) is 0.285. The summed E-state index contributed by atoms with van der Waals surface area (Å²) in [4.78, 5) is 12.7. The van der Waals surface area contributed by atoms with E-state index in [4.69, 9.17) is 4.74 Å². The van der Waals surface area contributed by atoms with Gasteiger partial charge in [0, 0.05) is 16.7 Å². The fraction of sp³-hybridized carbons (Fsp3) is 0.524. The molecule has 4 bridgehead atoms. The number of nitrogens with one attached hydrogen (secondary N) is 1. The van der Waals surface area contributed by atoms with Gasteiger partial charge in [0.15, 0.2) is 6.73 Å². The van der Waals surface area contributed by atoms with Crippen LogP contribution in [0.1, 0.15) is 42.6 Å². The van der Waals surface area contributed by atoms with Crippen LogP contribution in [0.25, 0.3) is 0 Å². The predicted octanol–water partition coefficient (Wildman–Crippen LogP) is 4.24. The first kappa shape index (κ1) is 17.3. The SMILES string of the molecule is O=C(NC1C2CC3CC(C2)CC1C3)c1ccn(COc2ccc(Br)cc2)n1. The van der Waals surface area contributed by atoms with Crippen molar-refractivity contribution in [2.45, 2.75) is 44.9 Å². The third-order valence-corrected chi connectivity index (χ3v) is 7.10. The molecular formula is C21H24BrN3O2. The Hall–Kier alpha value is -1.82. The van der Waals surface area contributed by atoms with Crippen molar-refractivity contribution < 1.29 is 9.53 Å². The van der Waals surface area contributed by atoms with E-state index < -0.39 is 0 Å². The van der Waals surface area contributed by atoms with Crippen LogP contribution in [0.3, 0.4) is 0 Å². The molecule has 6 rings (SSSR count). The number of rotatable bonds is 5. The van der Waals surface area contributed by atoms with E-state index >= 15 is 0 Å². The van der Waals surface area contributed by atoms with Crippen LogP contribution in [0, 0.1) is 23.7 Å². The Morgan fingerprint density at radius 1 is 1.07 bits per heavy atom. The number of hydrogen-bond acceptors (Lipinski definition) is 3. The number of ether oxygens (including phenoxy) is 1. The Morgan fingerprint density at radius 3 is 2.41 bits per heavy atom. The van der Waals surface area contributed by atoms with Crippen molar-refractivity contribution >= 4 is 21.8 Å². The van der Waals surface area contributed by atoms with Gasteiger partial charge in [-0.3, -0.25) is 4.79 Å². The van der Waals surface area contributed by atoms with Crippen molar-refractivity contribution in [3.8, 4) is 5.75 Å². The molecule has 6 heteroatoms. The first-order valence-corrected chi connectivity index (χ1v) is 10.7. The zero-order chi connectivity index (χ0) is 18.4. The summed E-state index contributed by atoms with van der Waals surface area (Å²) in [7, 11) is 0. The smallest absolute Gasteiger partial charge is 0.272 e. The monoisotopic (exact) mass is 429 g/mol. The predicted molar refractivity (Wildman–Crippen MR) is 105 cm³/mol. The average Bonchev–Trinajstić information content (AvgIpc) is 3.13. The molecule has 4 fully saturated rings. The van der Waals surface area contributed by atoms with Gasteiger partial charge in [0.2, 0.25) is 0 Å². The van der Waals surface area contributed by atoms with Gasteiger partial charge in [-0.2, -0.15) is 5.10 Å². The Kier molecular flexibility index (Phi) is 4.46. The number of halogens is 1. The minimum atomic E-state index is -0.0464. The number of hydrogen-bond donors (Lipinski definition) is 1. The highest BCUT2D eigenvalue weighted by atomic mass is 79.9. The van der Waals surface area contributed by atoms with Gasteiger partial charge in [0.1, 0.15) is 11.4 Å². The molecule has 1 amide bonds. The molecule has 1 N–H and O–H groups in total. The lowest BCUT2D eigenvalue weighted by Gasteiger charge is -2.54. The van der Waals surface area contributed by atoms with Crippen LogP contribution in [-0.4, -0.2) is 21.7 Å². The molecule has 2 aromatic rings. The summed E-state index contributed by atoms with van der Waals surface area (Å²) in [5.41, 5.74) is 0.475. The van der Waals surface area contributed by atoms with E-state index in [2.05, 4.69) is 26.3 Å². The number of amides is 1. The normalized spacial score (nSPS) is 31.1. The third kappa shape index (κ3) is 3.51. The maximum absolute atomic E-state index is 12.7. The number of benzene rings is 1. The maximum atomic E-state index is 12.7. The lowest BCUT2D eigenvalue weighted by Crippen LogP contribution is -2.55. The topological polar surface area (TPSA) is 56.2 Å². The molecule has 4 aliphatic rings. The second-order valence-corrected chi connectivity index (χ2v) is 9.31. The van der Waals surface area contributed by atoms with E-state index in [1.54, 1.807) is 16.9 Å². The van der Waals surface area contributed by atoms with Crippen LogP contribution in [0.15, 0.2) is 41.0 Å². The Labute approximate surface area is 167 Å². The van der Waals surface area contributed by atoms with Crippen molar-refractivity contribution in [2.24, 2.45) is 23.7 Å². The van der Waals surface area contributed by atoms with Gasteiger partial charge in [-0.05, 0) is 86.1 Å². The van der Waals surface area contributed by atoms with E-state index in [1.165, 1.54) is 32.1 Å². The second-order valence-electron chi connectivity index (χ2n) is 8.40. The van der Waals surface area contributed by atoms with Crippen LogP contribution >= 0.6 is 15.9 Å². The highest BCUT2D eigenvalue weighted by Crippen LogP contribution is 2.53. The quantitative estimate of drug-likeness (QED) is 0.772. The fourth-order valence-corrected chi connectivity index (χ4v) is 5.88. The first-order valence-electron chi connectivity index (χ1n) is 9.87. The Bertz CT molecular complexity index is 804. The van der Waals surface area contributed by atoms with Crippen LogP contribution < -0.4 is 10.1 Å². The lowest BCUT2D eigenvalue weighted by molar-refractivity contribution is -0.0120. The molecular weight excluding hydrogens is 406 g/mol. The van der Waals surface area contributed by atoms with E-state index in [0.717, 1.165) is 22.1 Å². The first-order chi connectivity index (χ1) is 13.1. The van der Waals surface area contributed by atoms with Crippen molar-refractivity contribution in [3.63, 3.8) is 0 Å².